The Bertz CT molecular complexity index is 899. The molecule has 0 amide bonds. The summed E-state index contributed by atoms with van der Waals surface area (Å²) in [6.07, 6.45) is 10.6. The Kier molecular flexibility index (Phi) is 3.04. The van der Waals surface area contributed by atoms with Gasteiger partial charge in [-0.15, -0.1) is 0 Å². The van der Waals surface area contributed by atoms with Gasteiger partial charge < -0.3 is 19.1 Å². The molecule has 5 aliphatic rings. The van der Waals surface area contributed by atoms with Gasteiger partial charge in [0, 0.05) is 29.9 Å². The van der Waals surface area contributed by atoms with Crippen LogP contribution in [0.15, 0.2) is 35.6 Å². The summed E-state index contributed by atoms with van der Waals surface area (Å²) in [6, 6.07) is 4.46. The van der Waals surface area contributed by atoms with Crippen molar-refractivity contribution in [2.45, 2.75) is 49.7 Å². The predicted molar refractivity (Wildman–Crippen MR) is 103 cm³/mol. The number of hydrogen-bond donors (Lipinski definition) is 1. The molecule has 0 radical (unpaired) electrons. The molecule has 142 valence electrons. The molecule has 2 fully saturated rings. The first-order chi connectivity index (χ1) is 13.1. The van der Waals surface area contributed by atoms with E-state index in [1.165, 1.54) is 49.1 Å². The molecule has 1 N–H and O–H groups in total. The molecule has 4 atom stereocenters. The zero-order chi connectivity index (χ0) is 18.4. The Morgan fingerprint density at radius 2 is 2.15 bits per heavy atom. The summed E-state index contributed by atoms with van der Waals surface area (Å²) in [4.78, 5) is 0. The minimum absolute atomic E-state index is 0.134. The lowest BCUT2D eigenvalue weighted by Gasteiger charge is -2.58. The van der Waals surface area contributed by atoms with Crippen molar-refractivity contribution in [2.24, 2.45) is 5.92 Å². The summed E-state index contributed by atoms with van der Waals surface area (Å²) >= 11 is 0. The molecule has 27 heavy (non-hydrogen) atoms. The smallest absolute Gasteiger partial charge is 0.169 e. The van der Waals surface area contributed by atoms with Crippen LogP contribution in [0.3, 0.4) is 0 Å². The normalized spacial score (nSPS) is 38.3. The van der Waals surface area contributed by atoms with Crippen molar-refractivity contribution >= 4 is 0 Å². The van der Waals surface area contributed by atoms with Gasteiger partial charge in [0.25, 0.3) is 0 Å². The summed E-state index contributed by atoms with van der Waals surface area (Å²) in [6.45, 7) is 2.47. The van der Waals surface area contributed by atoms with E-state index in [-0.39, 0.29) is 17.3 Å². The van der Waals surface area contributed by atoms with E-state index in [9.17, 15) is 5.11 Å². The van der Waals surface area contributed by atoms with Crippen LogP contribution >= 0.6 is 0 Å². The lowest BCUT2D eigenvalue weighted by Crippen LogP contribution is -2.67. The molecule has 3 aliphatic carbocycles. The third kappa shape index (κ3) is 1.83. The van der Waals surface area contributed by atoms with Crippen LogP contribution in [0.25, 0.3) is 0 Å². The largest absolute Gasteiger partial charge is 0.504 e. The van der Waals surface area contributed by atoms with Gasteiger partial charge in [-0.1, -0.05) is 18.6 Å². The van der Waals surface area contributed by atoms with Gasteiger partial charge in [0.2, 0.25) is 0 Å². The van der Waals surface area contributed by atoms with Crippen molar-refractivity contribution in [1.29, 1.82) is 0 Å². The Labute approximate surface area is 160 Å². The van der Waals surface area contributed by atoms with E-state index >= 15 is 0 Å². The number of piperidine rings is 1. The molecule has 4 heteroatoms. The van der Waals surface area contributed by atoms with Crippen LogP contribution in [0.1, 0.15) is 36.8 Å². The second-order valence-electron chi connectivity index (χ2n) is 9.46. The van der Waals surface area contributed by atoms with Crippen LogP contribution in [0.5, 0.6) is 11.5 Å². The van der Waals surface area contributed by atoms with E-state index in [1.807, 2.05) is 6.07 Å². The number of quaternary nitrogens is 1. The second-order valence-corrected chi connectivity index (χ2v) is 9.46. The molecule has 0 aromatic heterocycles. The Morgan fingerprint density at radius 1 is 1.30 bits per heavy atom. The summed E-state index contributed by atoms with van der Waals surface area (Å²) in [5, 5.41) is 10.5. The monoisotopic (exact) mass is 366 g/mol. The van der Waals surface area contributed by atoms with Gasteiger partial charge in [0.1, 0.15) is 11.8 Å². The molecule has 1 aromatic rings. The minimum Gasteiger partial charge on any atom is -0.504 e. The highest BCUT2D eigenvalue weighted by Gasteiger charge is 2.65. The number of methoxy groups -OCH3 is 1. The summed E-state index contributed by atoms with van der Waals surface area (Å²) in [5.41, 5.74) is 3.97. The average Bonchev–Trinajstić information content (AvgIpc) is 2.99. The Hall–Kier alpha value is -1.94. The maximum Gasteiger partial charge on any atom is 0.169 e. The molecule has 1 saturated heterocycles. The highest BCUT2D eigenvalue weighted by atomic mass is 16.5. The van der Waals surface area contributed by atoms with Gasteiger partial charge >= 0.3 is 0 Å². The molecule has 1 saturated carbocycles. The van der Waals surface area contributed by atoms with E-state index in [2.05, 4.69) is 25.3 Å². The molecule has 4 nitrogen and oxygen atoms in total. The standard InChI is InChI=1S/C23H27NO3/c1-24(13-14-4-3-5-14)11-10-23-16-7-9-19(26-2)22(23)27-21-18(25)8-6-15(20(21)23)12-17(16)24/h6-9,14,17,22H,3-5,10-13H2,1-2H3/p+1. The van der Waals surface area contributed by atoms with E-state index in [4.69, 9.17) is 9.47 Å². The number of hydrogen-bond acceptors (Lipinski definition) is 3. The van der Waals surface area contributed by atoms with Gasteiger partial charge in [0.05, 0.1) is 32.7 Å². The molecule has 2 aliphatic heterocycles. The first kappa shape index (κ1) is 16.1. The number of phenolic OH excluding ortho intramolecular Hbond substituents is 1. The highest BCUT2D eigenvalue weighted by molar-refractivity contribution is 5.66. The first-order valence-corrected chi connectivity index (χ1v) is 10.4. The molecule has 1 spiro atoms. The fourth-order valence-electron chi connectivity index (χ4n) is 6.67. The fraction of sp³-hybridized carbons (Fsp3) is 0.565. The molecule has 6 rings (SSSR count). The van der Waals surface area contributed by atoms with Gasteiger partial charge in [-0.2, -0.15) is 0 Å². The van der Waals surface area contributed by atoms with E-state index in [1.54, 1.807) is 7.11 Å². The Balaban J connectivity index is 1.55. The summed E-state index contributed by atoms with van der Waals surface area (Å²) < 4.78 is 13.3. The summed E-state index contributed by atoms with van der Waals surface area (Å²) in [5.74, 6) is 2.74. The highest BCUT2D eigenvalue weighted by Crippen LogP contribution is 2.63. The van der Waals surface area contributed by atoms with Gasteiger partial charge in [-0.25, -0.2) is 0 Å². The lowest BCUT2D eigenvalue weighted by molar-refractivity contribution is -0.937. The number of nitrogens with zero attached hydrogens (tertiary/aromatic N) is 1. The number of benzene rings is 1. The number of ether oxygens (including phenoxy) is 2. The van der Waals surface area contributed by atoms with Gasteiger partial charge in [0.15, 0.2) is 17.6 Å². The molecule has 4 unspecified atom stereocenters. The van der Waals surface area contributed by atoms with Crippen molar-refractivity contribution in [3.8, 4) is 11.5 Å². The number of likely N-dealkylation sites (N-methyl/N-ethyl adjacent to an activating group) is 1. The van der Waals surface area contributed by atoms with Crippen LogP contribution in [0.2, 0.25) is 0 Å². The van der Waals surface area contributed by atoms with Crippen molar-refractivity contribution in [3.05, 3.63) is 46.7 Å². The summed E-state index contributed by atoms with van der Waals surface area (Å²) in [7, 11) is 4.21. The zero-order valence-electron chi connectivity index (χ0n) is 16.2. The van der Waals surface area contributed by atoms with E-state index in [0.717, 1.165) is 29.0 Å². The predicted octanol–water partition coefficient (Wildman–Crippen LogP) is 3.44. The van der Waals surface area contributed by atoms with Crippen molar-refractivity contribution < 1.29 is 19.1 Å². The molecular weight excluding hydrogens is 338 g/mol. The maximum absolute atomic E-state index is 10.5. The third-order valence-corrected chi connectivity index (χ3v) is 8.23. The lowest BCUT2D eigenvalue weighted by atomic mass is 9.56. The van der Waals surface area contributed by atoms with Gasteiger partial charge in [-0.3, -0.25) is 0 Å². The second kappa shape index (κ2) is 5.11. The van der Waals surface area contributed by atoms with Crippen LogP contribution in [-0.4, -0.2) is 49.0 Å². The van der Waals surface area contributed by atoms with Crippen molar-refractivity contribution in [3.63, 3.8) is 0 Å². The number of aromatic hydroxyl groups is 1. The van der Waals surface area contributed by atoms with Crippen LogP contribution in [-0.2, 0) is 16.6 Å². The fourth-order valence-corrected chi connectivity index (χ4v) is 6.67. The van der Waals surface area contributed by atoms with E-state index in [0.29, 0.717) is 11.8 Å². The topological polar surface area (TPSA) is 38.7 Å². The number of allylic oxidation sites excluding steroid dienone is 2. The molecule has 2 heterocycles. The van der Waals surface area contributed by atoms with Crippen molar-refractivity contribution in [1.82, 2.24) is 0 Å². The molecule has 1 aromatic carbocycles. The van der Waals surface area contributed by atoms with Crippen molar-refractivity contribution in [2.75, 3.05) is 27.2 Å². The van der Waals surface area contributed by atoms with Crippen LogP contribution in [0, 0.1) is 5.92 Å². The molecule has 2 bridgehead atoms. The number of rotatable bonds is 3. The van der Waals surface area contributed by atoms with Gasteiger partial charge in [-0.05, 0) is 30.5 Å². The van der Waals surface area contributed by atoms with Crippen LogP contribution < -0.4 is 4.74 Å². The molecular formula is C23H28NO3+. The average molecular weight is 366 g/mol. The number of likely N-dealkylation sites (tertiary alicyclic amines) is 1. The third-order valence-electron chi connectivity index (χ3n) is 8.23. The minimum atomic E-state index is -0.149. The Morgan fingerprint density at radius 3 is 2.89 bits per heavy atom. The van der Waals surface area contributed by atoms with Crippen LogP contribution in [0.4, 0.5) is 0 Å². The number of phenols is 1. The zero-order valence-corrected chi connectivity index (χ0v) is 16.2. The van der Waals surface area contributed by atoms with E-state index < -0.39 is 0 Å². The maximum atomic E-state index is 10.5. The first-order valence-electron chi connectivity index (χ1n) is 10.4. The quantitative estimate of drug-likeness (QED) is 0.833. The SMILES string of the molecule is COC1=CC=C2C3Cc4ccc(O)c5c4C2(CC[N+]3(C)CC2CCC2)C1O5.